The fraction of sp³-hybridized carbons (Fsp3) is 0.318. The van der Waals surface area contributed by atoms with Crippen LogP contribution in [0.15, 0.2) is 41.3 Å². The van der Waals surface area contributed by atoms with E-state index < -0.39 is 15.9 Å². The van der Waals surface area contributed by atoms with E-state index in [-0.39, 0.29) is 10.6 Å². The number of hydrogen-bond donors (Lipinski definition) is 1. The number of nitrogens with zero attached hydrogens (tertiary/aromatic N) is 1. The van der Waals surface area contributed by atoms with Crippen LogP contribution in [-0.2, 0) is 14.8 Å². The molecule has 0 aromatic heterocycles. The van der Waals surface area contributed by atoms with Crippen LogP contribution in [-0.4, -0.2) is 53.0 Å². The van der Waals surface area contributed by atoms with E-state index in [0.717, 1.165) is 4.31 Å². The zero-order valence-corrected chi connectivity index (χ0v) is 20.2. The molecule has 10 heteroatoms. The Labute approximate surface area is 193 Å². The van der Waals surface area contributed by atoms with Crippen molar-refractivity contribution in [2.45, 2.75) is 18.7 Å². The van der Waals surface area contributed by atoms with Gasteiger partial charge in [-0.25, -0.2) is 12.7 Å². The van der Waals surface area contributed by atoms with Crippen LogP contribution in [0, 0.1) is 0 Å². The van der Waals surface area contributed by atoms with E-state index in [4.69, 9.17) is 25.8 Å². The van der Waals surface area contributed by atoms with Crippen LogP contribution in [0.5, 0.6) is 17.2 Å². The van der Waals surface area contributed by atoms with Crippen molar-refractivity contribution in [1.82, 2.24) is 4.31 Å². The Kier molecular flexibility index (Phi) is 8.94. The number of methoxy groups -OCH3 is 1. The largest absolute Gasteiger partial charge is 0.492 e. The molecule has 0 fully saturated rings. The minimum atomic E-state index is -3.77. The van der Waals surface area contributed by atoms with Gasteiger partial charge in [0, 0.05) is 25.9 Å². The lowest BCUT2D eigenvalue weighted by molar-refractivity contribution is -0.111. The monoisotopic (exact) mass is 482 g/mol. The molecule has 0 heterocycles. The molecule has 0 unspecified atom stereocenters. The van der Waals surface area contributed by atoms with Gasteiger partial charge >= 0.3 is 0 Å². The quantitative estimate of drug-likeness (QED) is 0.513. The zero-order chi connectivity index (χ0) is 23.9. The fourth-order valence-electron chi connectivity index (χ4n) is 2.76. The first-order valence-corrected chi connectivity index (χ1v) is 11.6. The predicted molar refractivity (Wildman–Crippen MR) is 125 cm³/mol. The summed E-state index contributed by atoms with van der Waals surface area (Å²) < 4.78 is 42.6. The Hall–Kier alpha value is -2.75. The van der Waals surface area contributed by atoms with Crippen molar-refractivity contribution in [2.24, 2.45) is 0 Å². The molecule has 0 saturated heterocycles. The summed E-state index contributed by atoms with van der Waals surface area (Å²) >= 11 is 6.23. The molecule has 0 aliphatic heterocycles. The summed E-state index contributed by atoms with van der Waals surface area (Å²) in [7, 11) is 0.580. The summed E-state index contributed by atoms with van der Waals surface area (Å²) in [5.74, 6) is 0.644. The average Bonchev–Trinajstić information content (AvgIpc) is 2.73. The van der Waals surface area contributed by atoms with Gasteiger partial charge < -0.3 is 19.5 Å². The molecular formula is C22H27ClN2O6S. The summed E-state index contributed by atoms with van der Waals surface area (Å²) in [4.78, 5) is 12.4. The average molecular weight is 483 g/mol. The van der Waals surface area contributed by atoms with Gasteiger partial charge in [0.25, 0.3) is 0 Å². The van der Waals surface area contributed by atoms with Crippen LogP contribution < -0.4 is 19.5 Å². The molecule has 0 radical (unpaired) electrons. The first-order valence-electron chi connectivity index (χ1n) is 9.82. The number of ether oxygens (including phenoxy) is 3. The van der Waals surface area contributed by atoms with Crippen molar-refractivity contribution in [2.75, 3.05) is 39.7 Å². The Morgan fingerprint density at radius 3 is 2.34 bits per heavy atom. The number of hydrogen-bond acceptors (Lipinski definition) is 6. The third-order valence-electron chi connectivity index (χ3n) is 4.23. The topological polar surface area (TPSA) is 94.2 Å². The standard InChI is InChI=1S/C22H27ClN2O6S/c1-6-30-18-10-9-16(14-20(18)32(27,28)25(3)4)24-21(26)11-8-15-12-17(23)22(29-5)19(13-15)31-7-2/h8-14H,6-7H2,1-5H3,(H,24,26)/b11-8+. The van der Waals surface area contributed by atoms with Crippen LogP contribution in [0.1, 0.15) is 19.4 Å². The number of benzene rings is 2. The van der Waals surface area contributed by atoms with E-state index in [1.54, 1.807) is 31.2 Å². The molecule has 0 spiro atoms. The van der Waals surface area contributed by atoms with E-state index in [9.17, 15) is 13.2 Å². The number of halogens is 1. The van der Waals surface area contributed by atoms with Crippen LogP contribution in [0.4, 0.5) is 5.69 Å². The molecule has 0 aliphatic carbocycles. The lowest BCUT2D eigenvalue weighted by Gasteiger charge is -2.16. The summed E-state index contributed by atoms with van der Waals surface area (Å²) in [5.41, 5.74) is 0.947. The highest BCUT2D eigenvalue weighted by atomic mass is 35.5. The SMILES string of the molecule is CCOc1ccc(NC(=O)/C=C/c2cc(Cl)c(OC)c(OCC)c2)cc1S(=O)(=O)N(C)C. The van der Waals surface area contributed by atoms with Crippen LogP contribution in [0.25, 0.3) is 6.08 Å². The van der Waals surface area contributed by atoms with Crippen molar-refractivity contribution in [3.05, 3.63) is 47.0 Å². The molecule has 2 rings (SSSR count). The highest BCUT2D eigenvalue weighted by Crippen LogP contribution is 2.36. The molecule has 0 atom stereocenters. The molecule has 0 bridgehead atoms. The smallest absolute Gasteiger partial charge is 0.248 e. The van der Waals surface area contributed by atoms with E-state index >= 15 is 0 Å². The van der Waals surface area contributed by atoms with E-state index in [2.05, 4.69) is 5.32 Å². The Bertz CT molecular complexity index is 1100. The summed E-state index contributed by atoms with van der Waals surface area (Å²) in [6.07, 6.45) is 2.87. The van der Waals surface area contributed by atoms with Crippen LogP contribution in [0.3, 0.4) is 0 Å². The third-order valence-corrected chi connectivity index (χ3v) is 6.35. The number of nitrogens with one attached hydrogen (secondary N) is 1. The Morgan fingerprint density at radius 2 is 1.75 bits per heavy atom. The van der Waals surface area contributed by atoms with Gasteiger partial charge in [0.2, 0.25) is 15.9 Å². The van der Waals surface area contributed by atoms with Crippen molar-refractivity contribution in [3.8, 4) is 17.2 Å². The van der Waals surface area contributed by atoms with Gasteiger partial charge in [-0.1, -0.05) is 11.6 Å². The van der Waals surface area contributed by atoms with Gasteiger partial charge in [0.15, 0.2) is 11.5 Å². The highest BCUT2D eigenvalue weighted by molar-refractivity contribution is 7.89. The van der Waals surface area contributed by atoms with Gasteiger partial charge in [0.1, 0.15) is 10.6 Å². The van der Waals surface area contributed by atoms with Crippen LogP contribution in [0.2, 0.25) is 5.02 Å². The van der Waals surface area contributed by atoms with Crippen molar-refractivity contribution in [3.63, 3.8) is 0 Å². The van der Waals surface area contributed by atoms with Gasteiger partial charge in [-0.3, -0.25) is 4.79 Å². The zero-order valence-electron chi connectivity index (χ0n) is 18.6. The highest BCUT2D eigenvalue weighted by Gasteiger charge is 2.23. The normalized spacial score (nSPS) is 11.6. The maximum absolute atomic E-state index is 12.6. The van der Waals surface area contributed by atoms with E-state index in [1.807, 2.05) is 6.92 Å². The second-order valence-corrected chi connectivity index (χ2v) is 9.20. The molecule has 174 valence electrons. The number of rotatable bonds is 10. The third kappa shape index (κ3) is 6.15. The number of carbonyl (C=O) groups excluding carboxylic acids is 1. The van der Waals surface area contributed by atoms with E-state index in [0.29, 0.717) is 41.0 Å². The van der Waals surface area contributed by atoms with Gasteiger partial charge in [-0.2, -0.15) is 0 Å². The molecule has 1 N–H and O–H groups in total. The fourth-order valence-corrected chi connectivity index (χ4v) is 4.11. The van der Waals surface area contributed by atoms with Crippen molar-refractivity contribution >= 4 is 39.3 Å². The Balaban J connectivity index is 2.27. The molecule has 2 aromatic rings. The maximum atomic E-state index is 12.6. The van der Waals surface area contributed by atoms with Gasteiger partial charge in [-0.05, 0) is 55.8 Å². The van der Waals surface area contributed by atoms with Crippen molar-refractivity contribution < 1.29 is 27.4 Å². The number of sulfonamides is 1. The summed E-state index contributed by atoms with van der Waals surface area (Å²) in [5, 5.41) is 3.01. The molecule has 8 nitrogen and oxygen atoms in total. The van der Waals surface area contributed by atoms with Crippen molar-refractivity contribution in [1.29, 1.82) is 0 Å². The second-order valence-electron chi connectivity index (χ2n) is 6.67. The maximum Gasteiger partial charge on any atom is 0.248 e. The number of carbonyl (C=O) groups is 1. The molecule has 0 aliphatic rings. The lowest BCUT2D eigenvalue weighted by Crippen LogP contribution is -2.23. The van der Waals surface area contributed by atoms with Crippen LogP contribution >= 0.6 is 11.6 Å². The molecule has 32 heavy (non-hydrogen) atoms. The predicted octanol–water partition coefficient (Wildman–Crippen LogP) is 4.05. The Morgan fingerprint density at radius 1 is 1.09 bits per heavy atom. The summed E-state index contributed by atoms with van der Waals surface area (Å²) in [6.45, 7) is 4.33. The molecule has 2 aromatic carbocycles. The number of amides is 1. The first-order chi connectivity index (χ1) is 15.1. The molecule has 1 amide bonds. The van der Waals surface area contributed by atoms with E-state index in [1.165, 1.54) is 39.4 Å². The second kappa shape index (κ2) is 11.2. The van der Waals surface area contributed by atoms with Gasteiger partial charge in [-0.15, -0.1) is 0 Å². The summed E-state index contributed by atoms with van der Waals surface area (Å²) in [6, 6.07) is 7.80. The van der Waals surface area contributed by atoms with Gasteiger partial charge in [0.05, 0.1) is 25.3 Å². The molecular weight excluding hydrogens is 456 g/mol. The first kappa shape index (κ1) is 25.5. The molecule has 0 saturated carbocycles. The minimum absolute atomic E-state index is 0.0329. The lowest BCUT2D eigenvalue weighted by atomic mass is 10.2. The minimum Gasteiger partial charge on any atom is -0.492 e. The number of anilines is 1.